The number of carboxylic acid groups (broad SMARTS) is 1. The molecule has 5 nitrogen and oxygen atoms in total. The summed E-state index contributed by atoms with van der Waals surface area (Å²) < 4.78 is 4.94. The van der Waals surface area contributed by atoms with Gasteiger partial charge in [-0.25, -0.2) is 0 Å². The minimum Gasteiger partial charge on any atom is -0.504 e. The summed E-state index contributed by atoms with van der Waals surface area (Å²) in [5, 5.41) is 27.1. The Labute approximate surface area is 99.3 Å². The molecule has 0 saturated heterocycles. The maximum Gasteiger partial charge on any atom is 0.306 e. The number of phenolic OH excluding ortho intramolecular Hbond substituents is 1. The van der Waals surface area contributed by atoms with Crippen LogP contribution in [0, 0.1) is 5.92 Å². The Hall–Kier alpha value is -1.75. The van der Waals surface area contributed by atoms with E-state index in [2.05, 4.69) is 0 Å². The molecule has 0 aliphatic carbocycles. The molecule has 1 atom stereocenters. The predicted molar refractivity (Wildman–Crippen MR) is 61.2 cm³/mol. The lowest BCUT2D eigenvalue weighted by atomic mass is 9.96. The lowest BCUT2D eigenvalue weighted by Crippen LogP contribution is -2.17. The van der Waals surface area contributed by atoms with Crippen LogP contribution >= 0.6 is 0 Å². The van der Waals surface area contributed by atoms with Crippen LogP contribution < -0.4 is 4.74 Å². The number of phenols is 1. The van der Waals surface area contributed by atoms with E-state index in [0.717, 1.165) is 5.56 Å². The fourth-order valence-corrected chi connectivity index (χ4v) is 1.60. The second-order valence-electron chi connectivity index (χ2n) is 3.76. The molecule has 3 N–H and O–H groups in total. The van der Waals surface area contributed by atoms with Crippen molar-refractivity contribution in [2.75, 3.05) is 13.7 Å². The van der Waals surface area contributed by atoms with Gasteiger partial charge in [0.1, 0.15) is 0 Å². The van der Waals surface area contributed by atoms with E-state index in [1.807, 2.05) is 0 Å². The first-order chi connectivity index (χ1) is 8.08. The zero-order valence-corrected chi connectivity index (χ0v) is 9.59. The Morgan fingerprint density at radius 2 is 2.18 bits per heavy atom. The Kier molecular flexibility index (Phi) is 4.78. The van der Waals surface area contributed by atoms with Crippen molar-refractivity contribution in [2.24, 2.45) is 5.92 Å². The molecule has 0 amide bonds. The zero-order valence-electron chi connectivity index (χ0n) is 9.59. The van der Waals surface area contributed by atoms with Crippen molar-refractivity contribution in [2.45, 2.75) is 12.8 Å². The number of hydrogen-bond acceptors (Lipinski definition) is 4. The molecule has 0 fully saturated rings. The first kappa shape index (κ1) is 13.3. The van der Waals surface area contributed by atoms with Crippen molar-refractivity contribution in [3.05, 3.63) is 23.8 Å². The van der Waals surface area contributed by atoms with E-state index in [-0.39, 0.29) is 18.8 Å². The van der Waals surface area contributed by atoms with Gasteiger partial charge in [0.05, 0.1) is 13.0 Å². The Balaban J connectivity index is 2.82. The van der Waals surface area contributed by atoms with Gasteiger partial charge in [0, 0.05) is 6.61 Å². The van der Waals surface area contributed by atoms with Crippen molar-refractivity contribution in [1.29, 1.82) is 0 Å². The molecule has 0 aromatic heterocycles. The molecule has 1 aromatic carbocycles. The number of aliphatic hydroxyl groups excluding tert-OH is 1. The average Bonchev–Trinajstić information content (AvgIpc) is 2.30. The normalized spacial score (nSPS) is 12.1. The summed E-state index contributed by atoms with van der Waals surface area (Å²) in [6.07, 6.45) is 0.505. The van der Waals surface area contributed by atoms with Crippen molar-refractivity contribution in [3.63, 3.8) is 0 Å². The molecule has 0 radical (unpaired) electrons. The number of ether oxygens (including phenoxy) is 1. The van der Waals surface area contributed by atoms with Crippen LogP contribution in [0.3, 0.4) is 0 Å². The number of methoxy groups -OCH3 is 1. The van der Waals surface area contributed by atoms with Gasteiger partial charge in [-0.1, -0.05) is 6.07 Å². The third kappa shape index (κ3) is 3.64. The zero-order chi connectivity index (χ0) is 12.8. The molecule has 0 heterocycles. The van der Waals surface area contributed by atoms with Crippen molar-refractivity contribution >= 4 is 5.97 Å². The second-order valence-corrected chi connectivity index (χ2v) is 3.76. The summed E-state index contributed by atoms with van der Waals surface area (Å²) in [5.41, 5.74) is 0.750. The monoisotopic (exact) mass is 240 g/mol. The van der Waals surface area contributed by atoms with E-state index in [1.54, 1.807) is 12.1 Å². The number of carbonyl (C=O) groups is 1. The molecule has 17 heavy (non-hydrogen) atoms. The number of hydrogen-bond donors (Lipinski definition) is 3. The van der Waals surface area contributed by atoms with Gasteiger partial charge >= 0.3 is 5.97 Å². The molecule has 1 unspecified atom stereocenters. The van der Waals surface area contributed by atoms with Crippen LogP contribution in [0.25, 0.3) is 0 Å². The minimum absolute atomic E-state index is 0.0188. The van der Waals surface area contributed by atoms with Crippen LogP contribution in [-0.4, -0.2) is 35.0 Å². The maximum atomic E-state index is 10.9. The number of aromatic hydroxyl groups is 1. The van der Waals surface area contributed by atoms with E-state index in [0.29, 0.717) is 12.2 Å². The maximum absolute atomic E-state index is 10.9. The van der Waals surface area contributed by atoms with E-state index in [9.17, 15) is 9.90 Å². The van der Waals surface area contributed by atoms with Gasteiger partial charge in [-0.15, -0.1) is 0 Å². The summed E-state index contributed by atoms with van der Waals surface area (Å²) in [5.74, 6) is -1.23. The molecule has 1 rings (SSSR count). The van der Waals surface area contributed by atoms with Crippen LogP contribution in [0.1, 0.15) is 12.0 Å². The van der Waals surface area contributed by atoms with Gasteiger partial charge in [0.15, 0.2) is 11.5 Å². The number of rotatable bonds is 6. The number of aliphatic hydroxyl groups is 1. The first-order valence-electron chi connectivity index (χ1n) is 5.28. The molecule has 0 bridgehead atoms. The van der Waals surface area contributed by atoms with Gasteiger partial charge in [-0.05, 0) is 30.5 Å². The number of aliphatic carboxylic acids is 1. The van der Waals surface area contributed by atoms with Crippen LogP contribution in [0.4, 0.5) is 0 Å². The predicted octanol–water partition coefficient (Wildman–Crippen LogP) is 1.03. The summed E-state index contributed by atoms with van der Waals surface area (Å²) in [4.78, 5) is 10.9. The van der Waals surface area contributed by atoms with Crippen LogP contribution in [-0.2, 0) is 11.2 Å². The highest BCUT2D eigenvalue weighted by atomic mass is 16.5. The minimum atomic E-state index is -0.939. The smallest absolute Gasteiger partial charge is 0.306 e. The largest absolute Gasteiger partial charge is 0.504 e. The summed E-state index contributed by atoms with van der Waals surface area (Å²) in [6, 6.07) is 4.71. The van der Waals surface area contributed by atoms with Gasteiger partial charge in [0.25, 0.3) is 0 Å². The van der Waals surface area contributed by atoms with Crippen molar-refractivity contribution < 1.29 is 24.9 Å². The van der Waals surface area contributed by atoms with E-state index in [4.69, 9.17) is 14.9 Å². The van der Waals surface area contributed by atoms with Gasteiger partial charge in [-0.2, -0.15) is 0 Å². The average molecular weight is 240 g/mol. The van der Waals surface area contributed by atoms with E-state index in [1.165, 1.54) is 13.2 Å². The molecular formula is C12H16O5. The van der Waals surface area contributed by atoms with Gasteiger partial charge in [-0.3, -0.25) is 4.79 Å². The lowest BCUT2D eigenvalue weighted by Gasteiger charge is -2.12. The van der Waals surface area contributed by atoms with Gasteiger partial charge < -0.3 is 20.1 Å². The molecule has 5 heteroatoms. The summed E-state index contributed by atoms with van der Waals surface area (Å²) in [7, 11) is 1.43. The molecule has 1 aromatic rings. The third-order valence-electron chi connectivity index (χ3n) is 2.55. The van der Waals surface area contributed by atoms with Crippen LogP contribution in [0.2, 0.25) is 0 Å². The fraction of sp³-hybridized carbons (Fsp3) is 0.417. The molecule has 0 spiro atoms. The van der Waals surface area contributed by atoms with Gasteiger partial charge in [0.2, 0.25) is 0 Å². The molecule has 0 saturated carbocycles. The van der Waals surface area contributed by atoms with Crippen molar-refractivity contribution in [1.82, 2.24) is 0 Å². The molecule has 0 aliphatic rings. The quantitative estimate of drug-likeness (QED) is 0.691. The molecule has 0 aliphatic heterocycles. The number of benzene rings is 1. The summed E-state index contributed by atoms with van der Waals surface area (Å²) in [6.45, 7) is -0.161. The van der Waals surface area contributed by atoms with E-state index >= 15 is 0 Å². The first-order valence-corrected chi connectivity index (χ1v) is 5.28. The third-order valence-corrected chi connectivity index (χ3v) is 2.55. The Morgan fingerprint density at radius 3 is 2.71 bits per heavy atom. The molecular weight excluding hydrogens is 224 g/mol. The van der Waals surface area contributed by atoms with Crippen molar-refractivity contribution in [3.8, 4) is 11.5 Å². The highest BCUT2D eigenvalue weighted by Gasteiger charge is 2.18. The SMILES string of the molecule is COc1cc(CC(CCO)C(=O)O)ccc1O. The van der Waals surface area contributed by atoms with E-state index < -0.39 is 11.9 Å². The summed E-state index contributed by atoms with van der Waals surface area (Å²) >= 11 is 0. The molecule has 94 valence electrons. The Bertz CT molecular complexity index is 388. The highest BCUT2D eigenvalue weighted by molar-refractivity contribution is 5.70. The standard InChI is InChI=1S/C12H16O5/c1-17-11-7-8(2-3-10(11)14)6-9(4-5-13)12(15)16/h2-3,7,9,13-14H,4-6H2,1H3,(H,15,16). The highest BCUT2D eigenvalue weighted by Crippen LogP contribution is 2.27. The lowest BCUT2D eigenvalue weighted by molar-refractivity contribution is -0.142. The number of carboxylic acids is 1. The van der Waals surface area contributed by atoms with Crippen LogP contribution in [0.15, 0.2) is 18.2 Å². The second kappa shape index (κ2) is 6.10. The Morgan fingerprint density at radius 1 is 1.47 bits per heavy atom. The van der Waals surface area contributed by atoms with Crippen LogP contribution in [0.5, 0.6) is 11.5 Å². The topological polar surface area (TPSA) is 87.0 Å². The fourth-order valence-electron chi connectivity index (χ4n) is 1.60.